The summed E-state index contributed by atoms with van der Waals surface area (Å²) in [6, 6.07) is 0. The molecule has 0 saturated heterocycles. The summed E-state index contributed by atoms with van der Waals surface area (Å²) < 4.78 is 0. The Kier molecular flexibility index (Phi) is 9.92. The Hall–Kier alpha value is 0.430. The van der Waals surface area contributed by atoms with Gasteiger partial charge in [-0.3, -0.25) is 0 Å². The standard InChI is InChI=1S/C14H31P/c1-4-7-10-14(13-15,11-8-5-2)12-9-6-3/h4-13,15H2,1-3H3. The molecule has 0 nitrogen and oxygen atoms in total. The summed E-state index contributed by atoms with van der Waals surface area (Å²) >= 11 is 0. The zero-order valence-corrected chi connectivity index (χ0v) is 12.3. The molecule has 0 aromatic carbocycles. The molecular formula is C14H31P. The predicted octanol–water partition coefficient (Wildman–Crippen LogP) is 5.42. The van der Waals surface area contributed by atoms with Gasteiger partial charge in [-0.15, -0.1) is 9.24 Å². The molecule has 0 amide bonds. The normalized spacial score (nSPS) is 12.0. The van der Waals surface area contributed by atoms with Crippen molar-refractivity contribution in [3.63, 3.8) is 0 Å². The smallest absolute Gasteiger partial charge is 0.0263 e. The van der Waals surface area contributed by atoms with E-state index >= 15 is 0 Å². The number of unbranched alkanes of at least 4 members (excludes halogenated alkanes) is 3. The van der Waals surface area contributed by atoms with Crippen molar-refractivity contribution in [2.75, 3.05) is 6.16 Å². The van der Waals surface area contributed by atoms with Crippen LogP contribution in [0.4, 0.5) is 0 Å². The van der Waals surface area contributed by atoms with E-state index in [0.29, 0.717) is 5.41 Å². The first-order chi connectivity index (χ1) is 7.24. The van der Waals surface area contributed by atoms with E-state index in [-0.39, 0.29) is 0 Å². The lowest BCUT2D eigenvalue weighted by atomic mass is 9.76. The van der Waals surface area contributed by atoms with Crippen molar-refractivity contribution in [2.24, 2.45) is 5.41 Å². The average molecular weight is 230 g/mol. The third-order valence-electron chi connectivity index (χ3n) is 3.61. The first kappa shape index (κ1) is 15.4. The van der Waals surface area contributed by atoms with Crippen LogP contribution in [-0.2, 0) is 0 Å². The van der Waals surface area contributed by atoms with Gasteiger partial charge in [0.2, 0.25) is 0 Å². The zero-order valence-electron chi connectivity index (χ0n) is 11.1. The maximum Gasteiger partial charge on any atom is -0.0263 e. The second kappa shape index (κ2) is 9.64. The second-order valence-electron chi connectivity index (χ2n) is 5.01. The largest absolute Gasteiger partial charge is 0.137 e. The molecule has 0 radical (unpaired) electrons. The lowest BCUT2D eigenvalue weighted by Crippen LogP contribution is -2.22. The number of hydrogen-bond acceptors (Lipinski definition) is 0. The van der Waals surface area contributed by atoms with Crippen molar-refractivity contribution in [1.29, 1.82) is 0 Å². The highest BCUT2D eigenvalue weighted by Gasteiger charge is 2.25. The summed E-state index contributed by atoms with van der Waals surface area (Å²) in [6.07, 6.45) is 14.0. The molecule has 0 aromatic heterocycles. The molecule has 0 rings (SSSR count). The fraction of sp³-hybridized carbons (Fsp3) is 1.00. The Morgan fingerprint density at radius 1 is 0.733 bits per heavy atom. The third kappa shape index (κ3) is 6.56. The minimum atomic E-state index is 0.659. The van der Waals surface area contributed by atoms with Crippen LogP contribution >= 0.6 is 9.24 Å². The van der Waals surface area contributed by atoms with Gasteiger partial charge in [0.05, 0.1) is 0 Å². The van der Waals surface area contributed by atoms with Gasteiger partial charge in [0.1, 0.15) is 0 Å². The highest BCUT2D eigenvalue weighted by atomic mass is 31.0. The zero-order chi connectivity index (χ0) is 11.6. The quantitative estimate of drug-likeness (QED) is 0.440. The summed E-state index contributed by atoms with van der Waals surface area (Å²) in [5, 5.41) is 0. The van der Waals surface area contributed by atoms with Crippen LogP contribution in [0.3, 0.4) is 0 Å². The predicted molar refractivity (Wildman–Crippen MR) is 75.6 cm³/mol. The molecule has 0 aliphatic heterocycles. The fourth-order valence-corrected chi connectivity index (χ4v) is 2.95. The molecule has 0 spiro atoms. The van der Waals surface area contributed by atoms with Crippen LogP contribution in [0.5, 0.6) is 0 Å². The molecule has 15 heavy (non-hydrogen) atoms. The molecule has 0 aromatic rings. The van der Waals surface area contributed by atoms with Gasteiger partial charge >= 0.3 is 0 Å². The molecular weight excluding hydrogens is 199 g/mol. The summed E-state index contributed by atoms with van der Waals surface area (Å²) in [5.41, 5.74) is 0.659. The Bertz CT molecular complexity index is 110. The van der Waals surface area contributed by atoms with Crippen LogP contribution in [0.2, 0.25) is 0 Å². The van der Waals surface area contributed by atoms with E-state index in [0.717, 1.165) is 0 Å². The first-order valence-corrected chi connectivity index (χ1v) is 7.76. The van der Waals surface area contributed by atoms with Crippen LogP contribution in [0.25, 0.3) is 0 Å². The average Bonchev–Trinajstić information content (AvgIpc) is 2.29. The summed E-state index contributed by atoms with van der Waals surface area (Å²) in [4.78, 5) is 0. The van der Waals surface area contributed by atoms with Crippen LogP contribution in [0, 0.1) is 5.41 Å². The van der Waals surface area contributed by atoms with E-state index in [9.17, 15) is 0 Å². The molecule has 0 aliphatic rings. The van der Waals surface area contributed by atoms with Gasteiger partial charge in [-0.1, -0.05) is 59.3 Å². The number of rotatable bonds is 10. The molecule has 0 saturated carbocycles. The Morgan fingerprint density at radius 3 is 1.27 bits per heavy atom. The number of hydrogen-bond donors (Lipinski definition) is 0. The molecule has 0 bridgehead atoms. The van der Waals surface area contributed by atoms with Gasteiger partial charge in [-0.25, -0.2) is 0 Å². The molecule has 1 unspecified atom stereocenters. The van der Waals surface area contributed by atoms with E-state index < -0.39 is 0 Å². The Balaban J connectivity index is 4.16. The lowest BCUT2D eigenvalue weighted by Gasteiger charge is -2.33. The van der Waals surface area contributed by atoms with Crippen LogP contribution in [0.1, 0.15) is 78.6 Å². The molecule has 0 N–H and O–H groups in total. The topological polar surface area (TPSA) is 0 Å². The minimum Gasteiger partial charge on any atom is -0.137 e. The van der Waals surface area contributed by atoms with E-state index in [2.05, 4.69) is 30.0 Å². The fourth-order valence-electron chi connectivity index (χ4n) is 2.34. The van der Waals surface area contributed by atoms with E-state index in [1.165, 1.54) is 63.9 Å². The monoisotopic (exact) mass is 230 g/mol. The van der Waals surface area contributed by atoms with Crippen molar-refractivity contribution >= 4 is 9.24 Å². The van der Waals surface area contributed by atoms with Crippen LogP contribution in [0.15, 0.2) is 0 Å². The summed E-state index contributed by atoms with van der Waals surface area (Å²) in [5.74, 6) is 0. The highest BCUT2D eigenvalue weighted by Crippen LogP contribution is 2.38. The molecule has 1 atom stereocenters. The van der Waals surface area contributed by atoms with Gasteiger partial charge < -0.3 is 0 Å². The Labute approximate surface area is 99.8 Å². The SMILES string of the molecule is CCCCC(CP)(CCCC)CCCC. The maximum absolute atomic E-state index is 3.01. The van der Waals surface area contributed by atoms with Crippen molar-refractivity contribution in [2.45, 2.75) is 78.6 Å². The Morgan fingerprint density at radius 2 is 1.07 bits per heavy atom. The highest BCUT2D eigenvalue weighted by molar-refractivity contribution is 7.16. The van der Waals surface area contributed by atoms with Crippen molar-refractivity contribution in [3.05, 3.63) is 0 Å². The summed E-state index contributed by atoms with van der Waals surface area (Å²) in [7, 11) is 3.01. The third-order valence-corrected chi connectivity index (χ3v) is 4.48. The van der Waals surface area contributed by atoms with Gasteiger partial charge in [0.25, 0.3) is 0 Å². The van der Waals surface area contributed by atoms with Gasteiger partial charge in [0.15, 0.2) is 0 Å². The molecule has 0 heterocycles. The van der Waals surface area contributed by atoms with Gasteiger partial charge in [0, 0.05) is 0 Å². The van der Waals surface area contributed by atoms with Crippen molar-refractivity contribution in [3.8, 4) is 0 Å². The van der Waals surface area contributed by atoms with Crippen molar-refractivity contribution in [1.82, 2.24) is 0 Å². The van der Waals surface area contributed by atoms with Crippen molar-refractivity contribution < 1.29 is 0 Å². The van der Waals surface area contributed by atoms with Gasteiger partial charge in [-0.2, -0.15) is 0 Å². The molecule has 0 aliphatic carbocycles. The van der Waals surface area contributed by atoms with Crippen LogP contribution < -0.4 is 0 Å². The minimum absolute atomic E-state index is 0.659. The van der Waals surface area contributed by atoms with Gasteiger partial charge in [-0.05, 0) is 30.8 Å². The second-order valence-corrected chi connectivity index (χ2v) is 5.42. The molecule has 92 valence electrons. The molecule has 1 heteroatoms. The van der Waals surface area contributed by atoms with E-state index in [4.69, 9.17) is 0 Å². The van der Waals surface area contributed by atoms with E-state index in [1.807, 2.05) is 0 Å². The maximum atomic E-state index is 3.01. The first-order valence-electron chi connectivity index (χ1n) is 6.94. The van der Waals surface area contributed by atoms with E-state index in [1.54, 1.807) is 0 Å². The van der Waals surface area contributed by atoms with Crippen LogP contribution in [-0.4, -0.2) is 6.16 Å². The molecule has 0 fully saturated rings. The lowest BCUT2D eigenvalue weighted by molar-refractivity contribution is 0.235. The summed E-state index contributed by atoms with van der Waals surface area (Å²) in [6.45, 7) is 6.94.